The highest BCUT2D eigenvalue weighted by Crippen LogP contribution is 2.13. The SMILES string of the molecule is COC(=O)C/C=C/C1=CC(=O)C(OC)=CC1=O. The third-order valence-corrected chi connectivity index (χ3v) is 2.11. The molecule has 90 valence electrons. The predicted octanol–water partition coefficient (Wildman–Crippen LogP) is 0.714. The van der Waals surface area contributed by atoms with Crippen molar-refractivity contribution < 1.29 is 23.9 Å². The Balaban J connectivity index is 2.71. The molecule has 0 radical (unpaired) electrons. The van der Waals surface area contributed by atoms with Gasteiger partial charge in [0, 0.05) is 17.7 Å². The Kier molecular flexibility index (Phi) is 4.39. The highest BCUT2D eigenvalue weighted by molar-refractivity contribution is 6.20. The maximum atomic E-state index is 11.5. The Morgan fingerprint density at radius 2 is 1.94 bits per heavy atom. The van der Waals surface area contributed by atoms with Gasteiger partial charge >= 0.3 is 5.97 Å². The first-order valence-corrected chi connectivity index (χ1v) is 4.88. The fourth-order valence-electron chi connectivity index (χ4n) is 1.21. The van der Waals surface area contributed by atoms with Crippen molar-refractivity contribution in [3.63, 3.8) is 0 Å². The van der Waals surface area contributed by atoms with E-state index in [0.717, 1.165) is 6.08 Å². The van der Waals surface area contributed by atoms with Gasteiger partial charge in [-0.05, 0) is 0 Å². The first-order chi connectivity index (χ1) is 8.08. The van der Waals surface area contributed by atoms with Gasteiger partial charge < -0.3 is 9.47 Å². The van der Waals surface area contributed by atoms with Crippen LogP contribution in [0.3, 0.4) is 0 Å². The molecule has 1 aliphatic rings. The van der Waals surface area contributed by atoms with Gasteiger partial charge in [0.05, 0.1) is 20.6 Å². The number of carbonyl (C=O) groups excluding carboxylic acids is 3. The molecule has 0 aromatic carbocycles. The predicted molar refractivity (Wildman–Crippen MR) is 59.0 cm³/mol. The molecule has 0 unspecified atom stereocenters. The minimum absolute atomic E-state index is 0.0140. The molecule has 0 aromatic rings. The van der Waals surface area contributed by atoms with Crippen LogP contribution < -0.4 is 0 Å². The minimum atomic E-state index is -0.412. The number of rotatable bonds is 4. The molecule has 0 fully saturated rings. The molecule has 0 spiro atoms. The molecule has 0 saturated heterocycles. The zero-order chi connectivity index (χ0) is 12.8. The quantitative estimate of drug-likeness (QED) is 0.531. The highest BCUT2D eigenvalue weighted by atomic mass is 16.5. The van der Waals surface area contributed by atoms with Gasteiger partial charge in [-0.3, -0.25) is 14.4 Å². The topological polar surface area (TPSA) is 69.7 Å². The summed E-state index contributed by atoms with van der Waals surface area (Å²) in [6, 6.07) is 0. The van der Waals surface area contributed by atoms with Crippen molar-refractivity contribution in [2.75, 3.05) is 14.2 Å². The number of allylic oxidation sites excluding steroid dienone is 4. The molecular formula is C12H12O5. The molecule has 0 N–H and O–H groups in total. The molecule has 0 aliphatic heterocycles. The van der Waals surface area contributed by atoms with Crippen molar-refractivity contribution in [3.05, 3.63) is 35.6 Å². The third kappa shape index (κ3) is 3.41. The summed E-state index contributed by atoms with van der Waals surface area (Å²) >= 11 is 0. The Morgan fingerprint density at radius 1 is 1.24 bits per heavy atom. The van der Waals surface area contributed by atoms with Crippen LogP contribution in [-0.4, -0.2) is 31.8 Å². The van der Waals surface area contributed by atoms with Crippen LogP contribution in [0.15, 0.2) is 35.6 Å². The van der Waals surface area contributed by atoms with E-state index in [4.69, 9.17) is 4.74 Å². The van der Waals surface area contributed by atoms with Gasteiger partial charge in [0.15, 0.2) is 11.5 Å². The lowest BCUT2D eigenvalue weighted by Crippen LogP contribution is -2.13. The van der Waals surface area contributed by atoms with Crippen LogP contribution in [0.2, 0.25) is 0 Å². The number of ketones is 2. The van der Waals surface area contributed by atoms with Gasteiger partial charge in [-0.25, -0.2) is 0 Å². The number of carbonyl (C=O) groups is 3. The summed E-state index contributed by atoms with van der Waals surface area (Å²) in [6.07, 6.45) is 5.24. The molecule has 0 atom stereocenters. The fraction of sp³-hybridized carbons (Fsp3) is 0.250. The normalized spacial score (nSPS) is 15.6. The van der Waals surface area contributed by atoms with E-state index in [2.05, 4.69) is 4.74 Å². The maximum absolute atomic E-state index is 11.5. The van der Waals surface area contributed by atoms with Crippen molar-refractivity contribution in [1.29, 1.82) is 0 Å². The highest BCUT2D eigenvalue weighted by Gasteiger charge is 2.18. The molecule has 5 nitrogen and oxygen atoms in total. The van der Waals surface area contributed by atoms with E-state index in [9.17, 15) is 14.4 Å². The number of hydrogen-bond donors (Lipinski definition) is 0. The molecular weight excluding hydrogens is 224 g/mol. The van der Waals surface area contributed by atoms with Gasteiger partial charge in [0.25, 0.3) is 0 Å². The van der Waals surface area contributed by atoms with E-state index in [1.54, 1.807) is 0 Å². The van der Waals surface area contributed by atoms with Crippen molar-refractivity contribution >= 4 is 17.5 Å². The first kappa shape index (κ1) is 12.9. The number of esters is 1. The number of hydrogen-bond acceptors (Lipinski definition) is 5. The van der Waals surface area contributed by atoms with E-state index >= 15 is 0 Å². The van der Waals surface area contributed by atoms with Crippen LogP contribution >= 0.6 is 0 Å². The monoisotopic (exact) mass is 236 g/mol. The van der Waals surface area contributed by atoms with Crippen molar-refractivity contribution in [1.82, 2.24) is 0 Å². The Hall–Kier alpha value is -2.17. The molecule has 0 aromatic heterocycles. The second kappa shape index (κ2) is 5.79. The molecule has 17 heavy (non-hydrogen) atoms. The van der Waals surface area contributed by atoms with E-state index in [1.807, 2.05) is 0 Å². The zero-order valence-electron chi connectivity index (χ0n) is 9.56. The van der Waals surface area contributed by atoms with Crippen molar-refractivity contribution in [2.24, 2.45) is 0 Å². The van der Waals surface area contributed by atoms with Crippen LogP contribution in [0.4, 0.5) is 0 Å². The molecule has 5 heteroatoms. The summed E-state index contributed by atoms with van der Waals surface area (Å²) in [5.74, 6) is -1.10. The summed E-state index contributed by atoms with van der Waals surface area (Å²) in [6.45, 7) is 0. The maximum Gasteiger partial charge on any atom is 0.309 e. The van der Waals surface area contributed by atoms with Gasteiger partial charge in [-0.2, -0.15) is 0 Å². The summed E-state index contributed by atoms with van der Waals surface area (Å²) in [4.78, 5) is 33.7. The van der Waals surface area contributed by atoms with Gasteiger partial charge in [0.1, 0.15) is 0 Å². The first-order valence-electron chi connectivity index (χ1n) is 4.88. The molecule has 0 heterocycles. The Bertz CT molecular complexity index is 440. The van der Waals surface area contributed by atoms with Crippen LogP contribution in [-0.2, 0) is 23.9 Å². The second-order valence-electron chi connectivity index (χ2n) is 3.22. The summed E-state index contributed by atoms with van der Waals surface area (Å²) in [7, 11) is 2.60. The molecule has 0 amide bonds. The van der Waals surface area contributed by atoms with Crippen molar-refractivity contribution in [3.8, 4) is 0 Å². The average Bonchev–Trinajstić information content (AvgIpc) is 2.32. The lowest BCUT2D eigenvalue weighted by atomic mass is 10.0. The van der Waals surface area contributed by atoms with Crippen LogP contribution in [0.5, 0.6) is 0 Å². The van der Waals surface area contributed by atoms with Crippen molar-refractivity contribution in [2.45, 2.75) is 6.42 Å². The molecule has 1 rings (SSSR count). The number of ether oxygens (including phenoxy) is 2. The summed E-state index contributed by atoms with van der Waals surface area (Å²) in [5, 5.41) is 0. The smallest absolute Gasteiger partial charge is 0.309 e. The Morgan fingerprint density at radius 3 is 2.53 bits per heavy atom. The van der Waals surface area contributed by atoms with Gasteiger partial charge in [-0.1, -0.05) is 12.2 Å². The Labute approximate surface area is 98.4 Å². The lowest BCUT2D eigenvalue weighted by Gasteiger charge is -2.07. The zero-order valence-corrected chi connectivity index (χ0v) is 9.56. The van der Waals surface area contributed by atoms with Crippen LogP contribution in [0.25, 0.3) is 0 Å². The van der Waals surface area contributed by atoms with Gasteiger partial charge in [-0.15, -0.1) is 0 Å². The number of methoxy groups -OCH3 is 2. The van der Waals surface area contributed by atoms with Crippen LogP contribution in [0.1, 0.15) is 6.42 Å². The van der Waals surface area contributed by atoms with E-state index in [1.165, 1.54) is 32.4 Å². The minimum Gasteiger partial charge on any atom is -0.493 e. The summed E-state index contributed by atoms with van der Waals surface area (Å²) in [5.41, 5.74) is 0.222. The average molecular weight is 236 g/mol. The van der Waals surface area contributed by atoms with E-state index in [-0.39, 0.29) is 29.3 Å². The van der Waals surface area contributed by atoms with E-state index < -0.39 is 5.97 Å². The lowest BCUT2D eigenvalue weighted by molar-refractivity contribution is -0.139. The fourth-order valence-corrected chi connectivity index (χ4v) is 1.21. The second-order valence-corrected chi connectivity index (χ2v) is 3.22. The van der Waals surface area contributed by atoms with E-state index in [0.29, 0.717) is 0 Å². The standard InChI is InChI=1S/C12H12O5/c1-16-11-7-9(13)8(6-10(11)14)4-3-5-12(15)17-2/h3-4,6-7H,5H2,1-2H3/b4-3+. The summed E-state index contributed by atoms with van der Waals surface area (Å²) < 4.78 is 9.16. The molecule has 0 saturated carbocycles. The third-order valence-electron chi connectivity index (χ3n) is 2.11. The van der Waals surface area contributed by atoms with Crippen LogP contribution in [0, 0.1) is 0 Å². The van der Waals surface area contributed by atoms with Gasteiger partial charge in [0.2, 0.25) is 5.78 Å². The largest absolute Gasteiger partial charge is 0.493 e. The molecule has 1 aliphatic carbocycles. The molecule has 0 bridgehead atoms.